The number of benzene rings is 1. The Morgan fingerprint density at radius 1 is 1.19 bits per heavy atom. The fourth-order valence-electron chi connectivity index (χ4n) is 5.10. The fraction of sp³-hybridized carbons (Fsp3) is 0.667. The summed E-state index contributed by atoms with van der Waals surface area (Å²) in [5.74, 6) is 0.220. The van der Waals surface area contributed by atoms with Crippen molar-refractivity contribution in [2.75, 3.05) is 0 Å². The second-order valence-electron chi connectivity index (χ2n) is 9.99. The fourth-order valence-corrected chi connectivity index (χ4v) is 5.10. The molecule has 31 heavy (non-hydrogen) atoms. The first kappa shape index (κ1) is 25.3. The number of carboxylic acid groups (broad SMARTS) is 1. The first-order valence-corrected chi connectivity index (χ1v) is 12.1. The van der Waals surface area contributed by atoms with Gasteiger partial charge in [-0.1, -0.05) is 66.4 Å². The Morgan fingerprint density at radius 2 is 1.87 bits per heavy atom. The molecule has 0 unspecified atom stereocenters. The van der Waals surface area contributed by atoms with Gasteiger partial charge in [-0.05, 0) is 56.2 Å². The first-order valence-electron chi connectivity index (χ1n) is 12.1. The minimum Gasteiger partial charge on any atom is -0.508 e. The van der Waals surface area contributed by atoms with E-state index in [9.17, 15) is 15.0 Å². The van der Waals surface area contributed by atoms with Crippen LogP contribution in [0.1, 0.15) is 110 Å². The van der Waals surface area contributed by atoms with Crippen molar-refractivity contribution >= 4 is 5.97 Å². The molecular formula is C27H42O4. The lowest BCUT2D eigenvalue weighted by atomic mass is 9.66. The van der Waals surface area contributed by atoms with E-state index in [0.717, 1.165) is 23.3 Å². The quantitative estimate of drug-likeness (QED) is 0.444. The zero-order chi connectivity index (χ0) is 23.4. The highest BCUT2D eigenvalue weighted by Gasteiger charge is 2.47. The lowest BCUT2D eigenvalue weighted by molar-refractivity contribution is -0.133. The van der Waals surface area contributed by atoms with Crippen molar-refractivity contribution in [3.63, 3.8) is 0 Å². The van der Waals surface area contributed by atoms with Crippen molar-refractivity contribution in [2.45, 2.75) is 110 Å². The average Bonchev–Trinajstić information content (AvgIpc) is 2.71. The van der Waals surface area contributed by atoms with Gasteiger partial charge >= 0.3 is 5.97 Å². The number of allylic oxidation sites excluding steroid dienone is 1. The van der Waals surface area contributed by atoms with Crippen molar-refractivity contribution in [3.8, 4) is 11.5 Å². The molecule has 1 aromatic carbocycles. The number of aliphatic carboxylic acids is 1. The lowest BCUT2D eigenvalue weighted by Gasteiger charge is -2.47. The SMILES string of the molecule is CC.CCCCCCC(C)(C)c1cc(O)c2c(c1)OC(C)(C)[C@@H]1CC=C(C(=O)O)C[C@@H]21. The zero-order valence-electron chi connectivity index (χ0n) is 20.5. The predicted molar refractivity (Wildman–Crippen MR) is 127 cm³/mol. The Morgan fingerprint density at radius 3 is 2.48 bits per heavy atom. The largest absolute Gasteiger partial charge is 0.508 e. The van der Waals surface area contributed by atoms with Crippen LogP contribution >= 0.6 is 0 Å². The summed E-state index contributed by atoms with van der Waals surface area (Å²) in [4.78, 5) is 11.6. The molecule has 4 heteroatoms. The van der Waals surface area contributed by atoms with Gasteiger partial charge in [0.25, 0.3) is 0 Å². The summed E-state index contributed by atoms with van der Waals surface area (Å²) in [7, 11) is 0. The minimum atomic E-state index is -0.862. The molecule has 0 saturated carbocycles. The third kappa shape index (κ3) is 5.45. The number of hydrogen-bond donors (Lipinski definition) is 2. The molecule has 4 nitrogen and oxygen atoms in total. The van der Waals surface area contributed by atoms with E-state index >= 15 is 0 Å². The second-order valence-corrected chi connectivity index (χ2v) is 9.99. The van der Waals surface area contributed by atoms with Crippen LogP contribution in [0.2, 0.25) is 0 Å². The molecule has 2 aliphatic rings. The Kier molecular flexibility index (Phi) is 8.24. The molecule has 1 aromatic rings. The van der Waals surface area contributed by atoms with E-state index in [2.05, 4.69) is 40.7 Å². The molecule has 1 aliphatic heterocycles. The average molecular weight is 431 g/mol. The molecule has 1 heterocycles. The number of unbranched alkanes of at least 4 members (excludes halogenated alkanes) is 3. The van der Waals surface area contributed by atoms with Gasteiger partial charge in [-0.2, -0.15) is 0 Å². The number of aromatic hydroxyl groups is 1. The summed E-state index contributed by atoms with van der Waals surface area (Å²) in [6, 6.07) is 3.97. The van der Waals surface area contributed by atoms with Gasteiger partial charge in [0.2, 0.25) is 0 Å². The number of fused-ring (bicyclic) bond motifs is 3. The van der Waals surface area contributed by atoms with E-state index < -0.39 is 11.6 Å². The summed E-state index contributed by atoms with van der Waals surface area (Å²) in [6.45, 7) is 14.8. The van der Waals surface area contributed by atoms with Crippen molar-refractivity contribution in [3.05, 3.63) is 34.9 Å². The van der Waals surface area contributed by atoms with Crippen LogP contribution in [0.5, 0.6) is 11.5 Å². The molecule has 0 fully saturated rings. The van der Waals surface area contributed by atoms with Crippen LogP contribution in [0.15, 0.2) is 23.8 Å². The summed E-state index contributed by atoms with van der Waals surface area (Å²) >= 11 is 0. The highest BCUT2D eigenvalue weighted by Crippen LogP contribution is 2.55. The summed E-state index contributed by atoms with van der Waals surface area (Å²) in [5, 5.41) is 20.5. The number of rotatable bonds is 7. The second kappa shape index (κ2) is 10.1. The highest BCUT2D eigenvalue weighted by molar-refractivity contribution is 5.87. The topological polar surface area (TPSA) is 66.8 Å². The standard InChI is InChI=1S/C25H36O4.C2H6/c1-6-7-8-9-12-24(2,3)17-14-20(26)22-18-13-16(23(27)28)10-11-19(18)25(4,5)29-21(22)15-17;1-2/h10,14-15,18-19,26H,6-9,11-13H2,1-5H3,(H,27,28);1-2H3/t18-,19-;/m1./s1. The Hall–Kier alpha value is -1.97. The van der Waals surface area contributed by atoms with E-state index in [1.165, 1.54) is 25.7 Å². The molecule has 3 rings (SSSR count). The Bertz CT molecular complexity index is 804. The van der Waals surface area contributed by atoms with Crippen LogP contribution in [-0.4, -0.2) is 21.8 Å². The number of hydrogen-bond acceptors (Lipinski definition) is 3. The van der Waals surface area contributed by atoms with Crippen LogP contribution in [0.25, 0.3) is 0 Å². The van der Waals surface area contributed by atoms with Crippen molar-refractivity contribution in [1.82, 2.24) is 0 Å². The number of phenols is 1. The first-order chi connectivity index (χ1) is 14.6. The van der Waals surface area contributed by atoms with Gasteiger partial charge in [0, 0.05) is 23.0 Å². The third-order valence-corrected chi connectivity index (χ3v) is 7.01. The van der Waals surface area contributed by atoms with E-state index in [0.29, 0.717) is 18.4 Å². The molecule has 0 radical (unpaired) electrons. The van der Waals surface area contributed by atoms with E-state index in [-0.39, 0.29) is 23.0 Å². The molecule has 0 amide bonds. The molecule has 0 aromatic heterocycles. The van der Waals surface area contributed by atoms with Crippen LogP contribution in [0.3, 0.4) is 0 Å². The van der Waals surface area contributed by atoms with Crippen LogP contribution in [0.4, 0.5) is 0 Å². The van der Waals surface area contributed by atoms with E-state index in [1.807, 2.05) is 26.0 Å². The molecular weight excluding hydrogens is 388 g/mol. The molecule has 0 saturated heterocycles. The maximum Gasteiger partial charge on any atom is 0.331 e. The summed E-state index contributed by atoms with van der Waals surface area (Å²) < 4.78 is 6.41. The van der Waals surface area contributed by atoms with Gasteiger partial charge < -0.3 is 14.9 Å². The monoisotopic (exact) mass is 430 g/mol. The molecule has 2 N–H and O–H groups in total. The maximum absolute atomic E-state index is 11.6. The van der Waals surface area contributed by atoms with Crippen LogP contribution < -0.4 is 4.74 Å². The summed E-state index contributed by atoms with van der Waals surface area (Å²) in [6.07, 6.45) is 8.85. The molecule has 1 aliphatic carbocycles. The van der Waals surface area contributed by atoms with Gasteiger partial charge in [-0.15, -0.1) is 0 Å². The number of carbonyl (C=O) groups is 1. The number of phenolic OH excluding ortho intramolecular Hbond substituents is 1. The zero-order valence-corrected chi connectivity index (χ0v) is 20.5. The van der Waals surface area contributed by atoms with Crippen molar-refractivity contribution in [1.29, 1.82) is 0 Å². The third-order valence-electron chi connectivity index (χ3n) is 7.01. The van der Waals surface area contributed by atoms with Gasteiger partial charge in [-0.25, -0.2) is 4.79 Å². The van der Waals surface area contributed by atoms with Gasteiger partial charge in [0.15, 0.2) is 0 Å². The lowest BCUT2D eigenvalue weighted by Crippen LogP contribution is -2.46. The van der Waals surface area contributed by atoms with Crippen molar-refractivity contribution in [2.24, 2.45) is 5.92 Å². The normalized spacial score (nSPS) is 21.6. The van der Waals surface area contributed by atoms with Gasteiger partial charge in [0.1, 0.15) is 17.1 Å². The van der Waals surface area contributed by atoms with Gasteiger partial charge in [-0.3, -0.25) is 0 Å². The number of carboxylic acids is 1. The molecule has 0 spiro atoms. The molecule has 2 atom stereocenters. The summed E-state index contributed by atoms with van der Waals surface area (Å²) in [5.41, 5.74) is 1.85. The smallest absolute Gasteiger partial charge is 0.331 e. The number of ether oxygens (including phenoxy) is 1. The highest BCUT2D eigenvalue weighted by atomic mass is 16.5. The van der Waals surface area contributed by atoms with Gasteiger partial charge in [0.05, 0.1) is 0 Å². The predicted octanol–water partition coefficient (Wildman–Crippen LogP) is 7.34. The van der Waals surface area contributed by atoms with Crippen LogP contribution in [-0.2, 0) is 10.2 Å². The minimum absolute atomic E-state index is 0.0356. The molecule has 0 bridgehead atoms. The molecule has 174 valence electrons. The van der Waals surface area contributed by atoms with E-state index in [1.54, 1.807) is 0 Å². The van der Waals surface area contributed by atoms with Crippen LogP contribution in [0, 0.1) is 5.92 Å². The maximum atomic E-state index is 11.6. The Balaban J connectivity index is 0.00000166. The Labute approximate surface area is 188 Å². The van der Waals surface area contributed by atoms with Crippen molar-refractivity contribution < 1.29 is 19.7 Å². The van der Waals surface area contributed by atoms with E-state index in [4.69, 9.17) is 4.74 Å².